The average Bonchev–Trinajstić information content (AvgIpc) is 2.60. The third-order valence-electron chi connectivity index (χ3n) is 2.86. The summed E-state index contributed by atoms with van der Waals surface area (Å²) in [6.45, 7) is 3.14. The van der Waals surface area contributed by atoms with Crippen LogP contribution in [0.5, 0.6) is 0 Å². The summed E-state index contributed by atoms with van der Waals surface area (Å²) in [5.41, 5.74) is 1.03. The largest absolute Gasteiger partial charge is 0.327 e. The van der Waals surface area contributed by atoms with Gasteiger partial charge < -0.3 is 4.90 Å². The molecule has 5 heteroatoms. The summed E-state index contributed by atoms with van der Waals surface area (Å²) in [7, 11) is 0. The van der Waals surface area contributed by atoms with Gasteiger partial charge in [0.15, 0.2) is 0 Å². The topological polar surface area (TPSA) is 40.6 Å². The number of hydrogen-bond acceptors (Lipinski definition) is 2. The molecule has 96 valence electrons. The fourth-order valence-electron chi connectivity index (χ4n) is 1.97. The minimum absolute atomic E-state index is 0.0982. The average molecular weight is 311 g/mol. The van der Waals surface area contributed by atoms with Crippen LogP contribution in [-0.2, 0) is 11.3 Å². The number of urea groups is 1. The van der Waals surface area contributed by atoms with Gasteiger partial charge in [0.05, 0.1) is 0 Å². The zero-order valence-electron chi connectivity index (χ0n) is 10.2. The van der Waals surface area contributed by atoms with Gasteiger partial charge in [0.25, 0.3) is 0 Å². The van der Waals surface area contributed by atoms with Gasteiger partial charge in [-0.2, -0.15) is 0 Å². The van der Waals surface area contributed by atoms with Gasteiger partial charge in [0.2, 0.25) is 5.91 Å². The van der Waals surface area contributed by atoms with E-state index in [1.165, 1.54) is 4.90 Å². The van der Waals surface area contributed by atoms with Gasteiger partial charge in [-0.3, -0.25) is 9.69 Å². The molecule has 4 nitrogen and oxygen atoms in total. The number of rotatable bonds is 4. The molecule has 1 aliphatic rings. The van der Waals surface area contributed by atoms with Crippen LogP contribution in [0.15, 0.2) is 28.7 Å². The van der Waals surface area contributed by atoms with Crippen LogP contribution in [0.25, 0.3) is 0 Å². The number of amides is 3. The van der Waals surface area contributed by atoms with Crippen molar-refractivity contribution in [2.24, 2.45) is 0 Å². The summed E-state index contributed by atoms with van der Waals surface area (Å²) in [4.78, 5) is 26.6. The normalized spacial score (nSPS) is 15.7. The summed E-state index contributed by atoms with van der Waals surface area (Å²) in [6.07, 6.45) is 0.795. The number of halogens is 1. The van der Waals surface area contributed by atoms with Crippen molar-refractivity contribution >= 4 is 27.9 Å². The van der Waals surface area contributed by atoms with Gasteiger partial charge in [-0.1, -0.05) is 35.0 Å². The number of carbonyl (C=O) groups is 2. The number of hydrogen-bond donors (Lipinski definition) is 0. The molecule has 0 spiro atoms. The van der Waals surface area contributed by atoms with E-state index in [4.69, 9.17) is 0 Å². The second-order valence-electron chi connectivity index (χ2n) is 4.31. The van der Waals surface area contributed by atoms with Gasteiger partial charge >= 0.3 is 6.03 Å². The molecule has 0 radical (unpaired) electrons. The second-order valence-corrected chi connectivity index (χ2v) is 5.23. The van der Waals surface area contributed by atoms with E-state index in [0.29, 0.717) is 13.1 Å². The number of carbonyl (C=O) groups excluding carboxylic acids is 2. The van der Waals surface area contributed by atoms with Crippen molar-refractivity contribution in [3.8, 4) is 0 Å². The van der Waals surface area contributed by atoms with E-state index in [2.05, 4.69) is 15.9 Å². The lowest BCUT2D eigenvalue weighted by molar-refractivity contribution is -0.125. The van der Waals surface area contributed by atoms with E-state index in [9.17, 15) is 9.59 Å². The molecule has 1 aromatic carbocycles. The lowest BCUT2D eigenvalue weighted by Crippen LogP contribution is -2.33. The van der Waals surface area contributed by atoms with Crippen LogP contribution in [0, 0.1) is 0 Å². The highest BCUT2D eigenvalue weighted by molar-refractivity contribution is 9.10. The summed E-state index contributed by atoms with van der Waals surface area (Å²) in [5.74, 6) is -0.0982. The summed E-state index contributed by atoms with van der Waals surface area (Å²) < 4.78 is 1.00. The third kappa shape index (κ3) is 2.72. The molecule has 18 heavy (non-hydrogen) atoms. The minimum atomic E-state index is -0.176. The third-order valence-corrected chi connectivity index (χ3v) is 3.39. The Bertz CT molecular complexity index is 459. The Morgan fingerprint density at radius 2 is 1.89 bits per heavy atom. The molecule has 1 heterocycles. The maximum absolute atomic E-state index is 12.0. The Labute approximate surface area is 115 Å². The van der Waals surface area contributed by atoms with E-state index in [0.717, 1.165) is 16.5 Å². The Hall–Kier alpha value is -1.36. The first-order valence-electron chi connectivity index (χ1n) is 5.95. The first-order valence-corrected chi connectivity index (χ1v) is 6.75. The lowest BCUT2D eigenvalue weighted by Gasteiger charge is -2.16. The molecule has 0 atom stereocenters. The first kappa shape index (κ1) is 13.1. The fourth-order valence-corrected chi connectivity index (χ4v) is 2.24. The molecule has 0 unspecified atom stereocenters. The Balaban J connectivity index is 2.05. The van der Waals surface area contributed by atoms with Crippen molar-refractivity contribution in [1.29, 1.82) is 0 Å². The molecule has 1 aromatic rings. The van der Waals surface area contributed by atoms with Crippen LogP contribution >= 0.6 is 15.9 Å². The van der Waals surface area contributed by atoms with Gasteiger partial charge in [-0.15, -0.1) is 0 Å². The van der Waals surface area contributed by atoms with E-state index in [1.54, 1.807) is 4.90 Å². The highest BCUT2D eigenvalue weighted by Gasteiger charge is 2.34. The zero-order valence-corrected chi connectivity index (χ0v) is 11.8. The van der Waals surface area contributed by atoms with Crippen LogP contribution in [0.3, 0.4) is 0 Å². The van der Waals surface area contributed by atoms with E-state index in [1.807, 2.05) is 31.2 Å². The predicted octanol–water partition coefficient (Wildman–Crippen LogP) is 2.62. The molecule has 1 fully saturated rings. The molecule has 0 bridgehead atoms. The summed E-state index contributed by atoms with van der Waals surface area (Å²) in [6, 6.07) is 7.59. The highest BCUT2D eigenvalue weighted by atomic mass is 79.9. The molecule has 2 rings (SSSR count). The molecular formula is C13H15BrN2O2. The van der Waals surface area contributed by atoms with Gasteiger partial charge in [0, 0.05) is 17.6 Å². The molecule has 1 saturated heterocycles. The maximum Gasteiger partial charge on any atom is 0.327 e. The molecule has 0 saturated carbocycles. The van der Waals surface area contributed by atoms with Crippen LogP contribution in [-0.4, -0.2) is 34.8 Å². The summed E-state index contributed by atoms with van der Waals surface area (Å²) in [5, 5.41) is 0. The molecule has 0 N–H and O–H groups in total. The fraction of sp³-hybridized carbons (Fsp3) is 0.385. The van der Waals surface area contributed by atoms with E-state index >= 15 is 0 Å². The smallest absolute Gasteiger partial charge is 0.311 e. The zero-order chi connectivity index (χ0) is 13.1. The Morgan fingerprint density at radius 1 is 1.22 bits per heavy atom. The number of nitrogens with zero attached hydrogens (tertiary/aromatic N) is 2. The Morgan fingerprint density at radius 3 is 2.50 bits per heavy atom. The number of imide groups is 1. The van der Waals surface area contributed by atoms with Crippen LogP contribution in [0.2, 0.25) is 0 Å². The van der Waals surface area contributed by atoms with Crippen LogP contribution < -0.4 is 0 Å². The lowest BCUT2D eigenvalue weighted by atomic mass is 10.2. The van der Waals surface area contributed by atoms with Crippen LogP contribution in [0.1, 0.15) is 18.9 Å². The minimum Gasteiger partial charge on any atom is -0.311 e. The van der Waals surface area contributed by atoms with E-state index < -0.39 is 0 Å². The standard InChI is InChI=1S/C13H15BrN2O2/c1-2-7-16-12(17)9-15(13(16)18)8-10-3-5-11(14)6-4-10/h3-6H,2,7-9H2,1H3. The van der Waals surface area contributed by atoms with Crippen molar-refractivity contribution in [1.82, 2.24) is 9.80 Å². The van der Waals surface area contributed by atoms with Crippen molar-refractivity contribution in [3.05, 3.63) is 34.3 Å². The van der Waals surface area contributed by atoms with Gasteiger partial charge in [-0.05, 0) is 24.1 Å². The second kappa shape index (κ2) is 5.52. The summed E-state index contributed by atoms with van der Waals surface area (Å²) >= 11 is 3.37. The van der Waals surface area contributed by atoms with Crippen molar-refractivity contribution in [2.45, 2.75) is 19.9 Å². The maximum atomic E-state index is 12.0. The molecular weight excluding hydrogens is 296 g/mol. The van der Waals surface area contributed by atoms with Crippen molar-refractivity contribution < 1.29 is 9.59 Å². The first-order chi connectivity index (χ1) is 8.61. The molecule has 0 aromatic heterocycles. The van der Waals surface area contributed by atoms with Crippen molar-refractivity contribution in [3.63, 3.8) is 0 Å². The van der Waals surface area contributed by atoms with Gasteiger partial charge in [-0.25, -0.2) is 4.79 Å². The predicted molar refractivity (Wildman–Crippen MR) is 72.0 cm³/mol. The van der Waals surface area contributed by atoms with Gasteiger partial charge in [0.1, 0.15) is 6.54 Å². The monoisotopic (exact) mass is 310 g/mol. The van der Waals surface area contributed by atoms with Crippen molar-refractivity contribution in [2.75, 3.05) is 13.1 Å². The molecule has 0 aliphatic carbocycles. The van der Waals surface area contributed by atoms with Crippen LogP contribution in [0.4, 0.5) is 4.79 Å². The quantitative estimate of drug-likeness (QED) is 0.802. The molecule has 1 aliphatic heterocycles. The Kier molecular flexibility index (Phi) is 4.01. The number of benzene rings is 1. The molecule has 3 amide bonds. The highest BCUT2D eigenvalue weighted by Crippen LogP contribution is 2.16. The van der Waals surface area contributed by atoms with E-state index in [-0.39, 0.29) is 18.5 Å². The SMILES string of the molecule is CCCN1C(=O)CN(Cc2ccc(Br)cc2)C1=O.